The molecule has 1 aromatic carbocycles. The molecule has 1 atom stereocenters. The largest absolute Gasteiger partial charge is 0.495 e. The average molecular weight is 399 g/mol. The van der Waals surface area contributed by atoms with E-state index >= 15 is 0 Å². The molecule has 0 spiro atoms. The van der Waals surface area contributed by atoms with Crippen LogP contribution in [0.2, 0.25) is 0 Å². The molecule has 0 aliphatic heterocycles. The zero-order valence-corrected chi connectivity index (χ0v) is 16.0. The minimum absolute atomic E-state index is 0.0960. The number of sulfonamides is 1. The van der Waals surface area contributed by atoms with Crippen LogP contribution in [0.5, 0.6) is 5.75 Å². The Morgan fingerprint density at radius 3 is 2.41 bits per heavy atom. The first-order valence-electron chi connectivity index (χ1n) is 7.67. The number of ether oxygens (including phenoxy) is 2. The SMILES string of the molecule is CNC(=O)NC(=O)C(C)OC(=O)/C=C/c1ccc(OC)c(S(=O)(=O)NC)c1. The lowest BCUT2D eigenvalue weighted by atomic mass is 10.2. The molecule has 148 valence electrons. The molecule has 0 radical (unpaired) electrons. The predicted octanol–water partition coefficient (Wildman–Crippen LogP) is 0.00380. The van der Waals surface area contributed by atoms with Crippen molar-refractivity contribution >= 4 is 34.0 Å². The van der Waals surface area contributed by atoms with Gasteiger partial charge >= 0.3 is 12.0 Å². The number of urea groups is 1. The monoisotopic (exact) mass is 399 g/mol. The molecule has 10 nitrogen and oxygen atoms in total. The number of benzene rings is 1. The van der Waals surface area contributed by atoms with Crippen LogP contribution in [0, 0.1) is 0 Å². The quantitative estimate of drug-likeness (QED) is 0.433. The fourth-order valence-corrected chi connectivity index (χ4v) is 2.75. The van der Waals surface area contributed by atoms with Crippen molar-refractivity contribution in [2.45, 2.75) is 17.9 Å². The second-order valence-electron chi connectivity index (χ2n) is 5.10. The Balaban J connectivity index is 2.87. The van der Waals surface area contributed by atoms with E-state index in [1.807, 2.05) is 5.32 Å². The van der Waals surface area contributed by atoms with Gasteiger partial charge in [0.15, 0.2) is 6.10 Å². The third-order valence-corrected chi connectivity index (χ3v) is 4.72. The third-order valence-electron chi connectivity index (χ3n) is 3.28. The third kappa shape index (κ3) is 6.38. The van der Waals surface area contributed by atoms with Gasteiger partial charge in [0.05, 0.1) is 7.11 Å². The molecule has 1 rings (SSSR count). The van der Waals surface area contributed by atoms with E-state index in [-0.39, 0.29) is 10.6 Å². The van der Waals surface area contributed by atoms with Crippen LogP contribution in [0.1, 0.15) is 12.5 Å². The van der Waals surface area contributed by atoms with E-state index in [9.17, 15) is 22.8 Å². The van der Waals surface area contributed by atoms with Gasteiger partial charge in [-0.1, -0.05) is 6.07 Å². The summed E-state index contributed by atoms with van der Waals surface area (Å²) < 4.78 is 36.1. The van der Waals surface area contributed by atoms with Gasteiger partial charge in [0.25, 0.3) is 5.91 Å². The fraction of sp³-hybridized carbons (Fsp3) is 0.312. The Morgan fingerprint density at radius 1 is 1.19 bits per heavy atom. The summed E-state index contributed by atoms with van der Waals surface area (Å²) in [6.45, 7) is 1.30. The Morgan fingerprint density at radius 2 is 1.85 bits per heavy atom. The molecule has 0 aliphatic carbocycles. The number of rotatable bonds is 7. The molecule has 0 saturated carbocycles. The van der Waals surface area contributed by atoms with Crippen LogP contribution in [0.4, 0.5) is 4.79 Å². The van der Waals surface area contributed by atoms with Crippen molar-refractivity contribution in [1.82, 2.24) is 15.4 Å². The van der Waals surface area contributed by atoms with Gasteiger partial charge < -0.3 is 14.8 Å². The number of hydrogen-bond acceptors (Lipinski definition) is 7. The molecule has 1 unspecified atom stereocenters. The molecular weight excluding hydrogens is 378 g/mol. The summed E-state index contributed by atoms with van der Waals surface area (Å²) in [6, 6.07) is 3.57. The van der Waals surface area contributed by atoms with E-state index in [4.69, 9.17) is 9.47 Å². The lowest BCUT2D eigenvalue weighted by molar-refractivity contribution is -0.149. The van der Waals surface area contributed by atoms with Crippen molar-refractivity contribution in [3.8, 4) is 5.75 Å². The topological polar surface area (TPSA) is 140 Å². The molecule has 0 bridgehead atoms. The second kappa shape index (κ2) is 9.69. The smallest absolute Gasteiger partial charge is 0.331 e. The average Bonchev–Trinajstić information content (AvgIpc) is 2.65. The molecule has 27 heavy (non-hydrogen) atoms. The standard InChI is InChI=1S/C16H21N3O7S/c1-10(15(21)19-16(22)17-2)26-14(20)8-6-11-5-7-12(25-4)13(9-11)27(23,24)18-3/h5-10,18H,1-4H3,(H2,17,19,21,22)/b8-6+. The van der Waals surface area contributed by atoms with Crippen molar-refractivity contribution in [3.63, 3.8) is 0 Å². The Bertz CT molecular complexity index is 850. The summed E-state index contributed by atoms with van der Waals surface area (Å²) in [7, 11) is 0.170. The van der Waals surface area contributed by atoms with Crippen LogP contribution in [-0.4, -0.2) is 53.6 Å². The highest BCUT2D eigenvalue weighted by atomic mass is 32.2. The minimum Gasteiger partial charge on any atom is -0.495 e. The molecular formula is C16H21N3O7S. The molecule has 0 saturated heterocycles. The molecule has 3 amide bonds. The highest BCUT2D eigenvalue weighted by molar-refractivity contribution is 7.89. The van der Waals surface area contributed by atoms with Gasteiger partial charge in [-0.25, -0.2) is 22.7 Å². The van der Waals surface area contributed by atoms with E-state index in [0.717, 1.165) is 6.08 Å². The number of hydrogen-bond donors (Lipinski definition) is 3. The molecule has 0 aliphatic rings. The molecule has 0 aromatic heterocycles. The zero-order valence-electron chi connectivity index (χ0n) is 15.2. The summed E-state index contributed by atoms with van der Waals surface area (Å²) in [4.78, 5) is 34.4. The number of methoxy groups -OCH3 is 1. The molecule has 3 N–H and O–H groups in total. The maximum Gasteiger partial charge on any atom is 0.331 e. The maximum absolute atomic E-state index is 12.0. The van der Waals surface area contributed by atoms with Crippen LogP contribution < -0.4 is 20.1 Å². The highest BCUT2D eigenvalue weighted by Gasteiger charge is 2.19. The number of amides is 3. The van der Waals surface area contributed by atoms with E-state index in [2.05, 4.69) is 10.0 Å². The number of esters is 1. The first-order valence-corrected chi connectivity index (χ1v) is 9.15. The summed E-state index contributed by atoms with van der Waals surface area (Å²) in [5.41, 5.74) is 0.393. The van der Waals surface area contributed by atoms with Crippen molar-refractivity contribution < 1.29 is 32.3 Å². The van der Waals surface area contributed by atoms with E-state index in [1.165, 1.54) is 46.3 Å². The highest BCUT2D eigenvalue weighted by Crippen LogP contribution is 2.25. The lowest BCUT2D eigenvalue weighted by Crippen LogP contribution is -2.43. The minimum atomic E-state index is -3.76. The second-order valence-corrected chi connectivity index (χ2v) is 6.95. The predicted molar refractivity (Wildman–Crippen MR) is 96.4 cm³/mol. The van der Waals surface area contributed by atoms with Crippen LogP contribution in [-0.2, 0) is 24.3 Å². The summed E-state index contributed by atoms with van der Waals surface area (Å²) >= 11 is 0. The number of nitrogens with one attached hydrogen (secondary N) is 3. The van der Waals surface area contributed by atoms with Gasteiger partial charge in [-0.2, -0.15) is 0 Å². The van der Waals surface area contributed by atoms with Gasteiger partial charge in [-0.15, -0.1) is 0 Å². The Labute approximate surface area is 157 Å². The molecule has 0 fully saturated rings. The Hall–Kier alpha value is -2.92. The number of carbonyl (C=O) groups is 3. The van der Waals surface area contributed by atoms with Crippen LogP contribution in [0.15, 0.2) is 29.2 Å². The van der Waals surface area contributed by atoms with Gasteiger partial charge in [-0.3, -0.25) is 10.1 Å². The van der Waals surface area contributed by atoms with Crippen LogP contribution >= 0.6 is 0 Å². The van der Waals surface area contributed by atoms with Crippen LogP contribution in [0.25, 0.3) is 6.08 Å². The fourth-order valence-electron chi connectivity index (χ4n) is 1.82. The first kappa shape index (κ1) is 22.1. The summed E-state index contributed by atoms with van der Waals surface area (Å²) in [5, 5.41) is 4.17. The van der Waals surface area contributed by atoms with Crippen molar-refractivity contribution in [1.29, 1.82) is 0 Å². The van der Waals surface area contributed by atoms with Crippen molar-refractivity contribution in [2.75, 3.05) is 21.2 Å². The first-order chi connectivity index (χ1) is 12.6. The van der Waals surface area contributed by atoms with E-state index in [0.29, 0.717) is 5.56 Å². The maximum atomic E-state index is 12.0. The summed E-state index contributed by atoms with van der Waals surface area (Å²) in [5.74, 6) is -1.49. The lowest BCUT2D eigenvalue weighted by Gasteiger charge is -2.11. The van der Waals surface area contributed by atoms with Gasteiger partial charge in [0, 0.05) is 13.1 Å². The van der Waals surface area contributed by atoms with E-state index in [1.54, 1.807) is 6.07 Å². The summed E-state index contributed by atoms with van der Waals surface area (Å²) in [6.07, 6.45) is 1.15. The zero-order chi connectivity index (χ0) is 20.6. The number of imide groups is 1. The molecule has 0 heterocycles. The van der Waals surface area contributed by atoms with Gasteiger partial charge in [0.1, 0.15) is 10.6 Å². The molecule has 1 aromatic rings. The van der Waals surface area contributed by atoms with Crippen LogP contribution in [0.3, 0.4) is 0 Å². The van der Waals surface area contributed by atoms with Crippen molar-refractivity contribution in [3.05, 3.63) is 29.8 Å². The molecule has 11 heteroatoms. The number of carbonyl (C=O) groups excluding carboxylic acids is 3. The van der Waals surface area contributed by atoms with Crippen molar-refractivity contribution in [2.24, 2.45) is 0 Å². The van der Waals surface area contributed by atoms with Gasteiger partial charge in [-0.05, 0) is 37.7 Å². The normalized spacial score (nSPS) is 12.3. The van der Waals surface area contributed by atoms with E-state index < -0.39 is 34.0 Å². The Kier molecular flexibility index (Phi) is 7.94. The van der Waals surface area contributed by atoms with Gasteiger partial charge in [0.2, 0.25) is 10.0 Å².